The first-order chi connectivity index (χ1) is 14.0. The van der Waals surface area contributed by atoms with Crippen LogP contribution in [0.2, 0.25) is 5.02 Å². The number of hydrogen-bond acceptors (Lipinski definition) is 3. The quantitative estimate of drug-likeness (QED) is 0.431. The van der Waals surface area contributed by atoms with E-state index in [0.29, 0.717) is 18.1 Å². The standard InChI is InChI=1S/C24H23ClN2O2/c1-17-6-9-21(18(2)12-17)14-24(28)27-26-15-20-4-3-5-23(13-20)29-16-19-7-10-22(25)11-8-19/h3-13,15H,14,16H2,1-2H3,(H,27,28)/b26-15-. The van der Waals surface area contributed by atoms with E-state index >= 15 is 0 Å². The third-order valence-electron chi connectivity index (χ3n) is 4.43. The van der Waals surface area contributed by atoms with Crippen LogP contribution in [-0.2, 0) is 17.8 Å². The summed E-state index contributed by atoms with van der Waals surface area (Å²) in [6.45, 7) is 4.49. The molecule has 0 atom stereocenters. The van der Waals surface area contributed by atoms with Crippen LogP contribution in [0.1, 0.15) is 27.8 Å². The summed E-state index contributed by atoms with van der Waals surface area (Å²) in [4.78, 5) is 12.1. The lowest BCUT2D eigenvalue weighted by atomic mass is 10.0. The van der Waals surface area contributed by atoms with Gasteiger partial charge >= 0.3 is 0 Å². The number of carbonyl (C=O) groups excluding carboxylic acids is 1. The number of aryl methyl sites for hydroxylation is 2. The van der Waals surface area contributed by atoms with Gasteiger partial charge in [0.05, 0.1) is 12.6 Å². The second-order valence-electron chi connectivity index (χ2n) is 6.89. The largest absolute Gasteiger partial charge is 0.489 e. The highest BCUT2D eigenvalue weighted by Gasteiger charge is 2.05. The number of hydrogen-bond donors (Lipinski definition) is 1. The van der Waals surface area contributed by atoms with E-state index in [2.05, 4.69) is 16.6 Å². The first-order valence-corrected chi connectivity index (χ1v) is 9.73. The SMILES string of the molecule is Cc1ccc(CC(=O)N/N=C\c2cccc(OCc3ccc(Cl)cc3)c2)c(C)c1. The number of benzene rings is 3. The molecule has 3 aromatic carbocycles. The fourth-order valence-electron chi connectivity index (χ4n) is 2.87. The van der Waals surface area contributed by atoms with Gasteiger partial charge in [-0.05, 0) is 60.4 Å². The topological polar surface area (TPSA) is 50.7 Å². The molecule has 29 heavy (non-hydrogen) atoms. The van der Waals surface area contributed by atoms with Gasteiger partial charge in [0.1, 0.15) is 12.4 Å². The van der Waals surface area contributed by atoms with Crippen molar-refractivity contribution in [3.05, 3.63) is 99.6 Å². The average molecular weight is 407 g/mol. The van der Waals surface area contributed by atoms with Gasteiger partial charge in [0.25, 0.3) is 0 Å². The Bertz CT molecular complexity index is 1010. The molecule has 0 aliphatic carbocycles. The molecule has 0 saturated heterocycles. The first-order valence-electron chi connectivity index (χ1n) is 9.35. The van der Waals surface area contributed by atoms with Crippen LogP contribution in [-0.4, -0.2) is 12.1 Å². The van der Waals surface area contributed by atoms with Crippen molar-refractivity contribution in [1.82, 2.24) is 5.43 Å². The minimum Gasteiger partial charge on any atom is -0.489 e. The number of nitrogens with one attached hydrogen (secondary N) is 1. The Morgan fingerprint density at radius 3 is 2.62 bits per heavy atom. The Kier molecular flexibility index (Phi) is 7.04. The lowest BCUT2D eigenvalue weighted by molar-refractivity contribution is -0.120. The predicted octanol–water partition coefficient (Wildman–Crippen LogP) is 5.23. The van der Waals surface area contributed by atoms with Crippen LogP contribution in [0.25, 0.3) is 0 Å². The fourth-order valence-corrected chi connectivity index (χ4v) is 2.99. The van der Waals surface area contributed by atoms with Crippen LogP contribution in [0.4, 0.5) is 0 Å². The molecule has 0 bridgehead atoms. The van der Waals surface area contributed by atoms with Crippen molar-refractivity contribution < 1.29 is 9.53 Å². The maximum Gasteiger partial charge on any atom is 0.244 e. The molecule has 0 unspecified atom stereocenters. The summed E-state index contributed by atoms with van der Waals surface area (Å²) in [5.41, 5.74) is 7.74. The van der Waals surface area contributed by atoms with Crippen LogP contribution >= 0.6 is 11.6 Å². The monoisotopic (exact) mass is 406 g/mol. The van der Waals surface area contributed by atoms with Crippen molar-refractivity contribution in [2.24, 2.45) is 5.10 Å². The fraction of sp³-hybridized carbons (Fsp3) is 0.167. The summed E-state index contributed by atoms with van der Waals surface area (Å²) in [7, 11) is 0. The molecule has 4 nitrogen and oxygen atoms in total. The van der Waals surface area contributed by atoms with E-state index in [0.717, 1.165) is 28.0 Å². The van der Waals surface area contributed by atoms with Crippen molar-refractivity contribution in [3.63, 3.8) is 0 Å². The molecular weight excluding hydrogens is 384 g/mol. The predicted molar refractivity (Wildman–Crippen MR) is 118 cm³/mol. The highest BCUT2D eigenvalue weighted by molar-refractivity contribution is 6.30. The van der Waals surface area contributed by atoms with Crippen molar-refractivity contribution in [2.75, 3.05) is 0 Å². The lowest BCUT2D eigenvalue weighted by Gasteiger charge is -2.07. The number of carbonyl (C=O) groups is 1. The van der Waals surface area contributed by atoms with E-state index in [-0.39, 0.29) is 5.91 Å². The van der Waals surface area contributed by atoms with Gasteiger partial charge < -0.3 is 4.74 Å². The second kappa shape index (κ2) is 9.89. The van der Waals surface area contributed by atoms with Crippen LogP contribution in [0, 0.1) is 13.8 Å². The van der Waals surface area contributed by atoms with E-state index < -0.39 is 0 Å². The zero-order valence-corrected chi connectivity index (χ0v) is 17.2. The summed E-state index contributed by atoms with van der Waals surface area (Å²) in [5, 5.41) is 4.76. The molecule has 0 fully saturated rings. The van der Waals surface area contributed by atoms with Gasteiger partial charge in [-0.25, -0.2) is 5.43 Å². The van der Waals surface area contributed by atoms with Crippen LogP contribution in [0.15, 0.2) is 71.8 Å². The smallest absolute Gasteiger partial charge is 0.244 e. The zero-order valence-electron chi connectivity index (χ0n) is 16.5. The van der Waals surface area contributed by atoms with E-state index in [1.165, 1.54) is 5.56 Å². The second-order valence-corrected chi connectivity index (χ2v) is 7.32. The third kappa shape index (κ3) is 6.47. The molecule has 0 aliphatic heterocycles. The van der Waals surface area contributed by atoms with Crippen LogP contribution in [0.3, 0.4) is 0 Å². The molecule has 1 N–H and O–H groups in total. The van der Waals surface area contributed by atoms with E-state index in [9.17, 15) is 4.79 Å². The number of halogens is 1. The number of hydrazone groups is 1. The average Bonchev–Trinajstić information content (AvgIpc) is 2.70. The lowest BCUT2D eigenvalue weighted by Crippen LogP contribution is -2.20. The van der Waals surface area contributed by atoms with Crippen molar-refractivity contribution in [1.29, 1.82) is 0 Å². The van der Waals surface area contributed by atoms with E-state index in [1.807, 2.05) is 74.5 Å². The minimum absolute atomic E-state index is 0.150. The molecular formula is C24H23ClN2O2. The number of amides is 1. The number of rotatable bonds is 7. The van der Waals surface area contributed by atoms with Crippen LogP contribution < -0.4 is 10.2 Å². The molecule has 5 heteroatoms. The van der Waals surface area contributed by atoms with Crippen molar-refractivity contribution in [3.8, 4) is 5.75 Å². The van der Waals surface area contributed by atoms with Gasteiger partial charge in [0.2, 0.25) is 5.91 Å². The maximum absolute atomic E-state index is 12.1. The molecule has 0 heterocycles. The van der Waals surface area contributed by atoms with Crippen LogP contribution in [0.5, 0.6) is 5.75 Å². The summed E-state index contributed by atoms with van der Waals surface area (Å²) in [6, 6.07) is 21.1. The molecule has 0 spiro atoms. The Hall–Kier alpha value is -3.11. The molecule has 1 amide bonds. The van der Waals surface area contributed by atoms with Gasteiger partial charge in [0.15, 0.2) is 0 Å². The Labute approximate surface area is 176 Å². The molecule has 3 rings (SSSR count). The maximum atomic E-state index is 12.1. The molecule has 0 aliphatic rings. The zero-order chi connectivity index (χ0) is 20.6. The van der Waals surface area contributed by atoms with Gasteiger partial charge in [0, 0.05) is 5.02 Å². The third-order valence-corrected chi connectivity index (χ3v) is 4.68. The van der Waals surface area contributed by atoms with Crippen molar-refractivity contribution >= 4 is 23.7 Å². The molecule has 0 saturated carbocycles. The Morgan fingerprint density at radius 2 is 1.86 bits per heavy atom. The Morgan fingerprint density at radius 1 is 1.07 bits per heavy atom. The van der Waals surface area contributed by atoms with Gasteiger partial charge in [-0.2, -0.15) is 5.10 Å². The summed E-state index contributed by atoms with van der Waals surface area (Å²) in [5.74, 6) is 0.578. The van der Waals surface area contributed by atoms with Gasteiger partial charge in [-0.1, -0.05) is 59.6 Å². The number of nitrogens with zero attached hydrogens (tertiary/aromatic N) is 1. The Balaban J connectivity index is 1.53. The van der Waals surface area contributed by atoms with Gasteiger partial charge in [-0.15, -0.1) is 0 Å². The van der Waals surface area contributed by atoms with Crippen molar-refractivity contribution in [2.45, 2.75) is 26.9 Å². The molecule has 0 aromatic heterocycles. The van der Waals surface area contributed by atoms with E-state index in [1.54, 1.807) is 6.21 Å². The highest BCUT2D eigenvalue weighted by Crippen LogP contribution is 2.16. The first kappa shape index (κ1) is 20.6. The molecule has 3 aromatic rings. The summed E-state index contributed by atoms with van der Waals surface area (Å²) < 4.78 is 5.81. The summed E-state index contributed by atoms with van der Waals surface area (Å²) in [6.07, 6.45) is 1.91. The van der Waals surface area contributed by atoms with E-state index in [4.69, 9.17) is 16.3 Å². The molecule has 148 valence electrons. The highest BCUT2D eigenvalue weighted by atomic mass is 35.5. The molecule has 0 radical (unpaired) electrons. The number of ether oxygens (including phenoxy) is 1. The summed E-state index contributed by atoms with van der Waals surface area (Å²) >= 11 is 5.89. The normalized spacial score (nSPS) is 10.9. The minimum atomic E-state index is -0.150. The van der Waals surface area contributed by atoms with Gasteiger partial charge in [-0.3, -0.25) is 4.79 Å².